The van der Waals surface area contributed by atoms with E-state index in [1.165, 1.54) is 12.1 Å². The van der Waals surface area contributed by atoms with Gasteiger partial charge in [-0.25, -0.2) is 8.78 Å². The first-order valence-corrected chi connectivity index (χ1v) is 4.86. The Morgan fingerprint density at radius 1 is 1.00 bits per heavy atom. The van der Waals surface area contributed by atoms with Crippen LogP contribution in [0.3, 0.4) is 0 Å². The molecule has 3 heteroatoms. The summed E-state index contributed by atoms with van der Waals surface area (Å²) in [5.41, 5.74) is 6.16. The summed E-state index contributed by atoms with van der Waals surface area (Å²) in [5, 5.41) is 0. The number of hydrogen-bond donors (Lipinski definition) is 1. The molecule has 0 atom stereocenters. The highest BCUT2D eigenvalue weighted by Gasteiger charge is 2.31. The predicted molar refractivity (Wildman–Crippen MR) is 50.7 cm³/mol. The quantitative estimate of drug-likeness (QED) is 0.736. The van der Waals surface area contributed by atoms with Crippen LogP contribution in [0.15, 0.2) is 18.2 Å². The van der Waals surface area contributed by atoms with Gasteiger partial charge in [0.2, 0.25) is 0 Å². The van der Waals surface area contributed by atoms with E-state index in [0.717, 1.165) is 31.7 Å². The van der Waals surface area contributed by atoms with Crippen molar-refractivity contribution < 1.29 is 8.78 Å². The molecule has 0 spiro atoms. The van der Waals surface area contributed by atoms with Crippen molar-refractivity contribution in [2.24, 2.45) is 5.73 Å². The van der Waals surface area contributed by atoms with Crippen molar-refractivity contribution in [2.45, 2.75) is 31.2 Å². The van der Waals surface area contributed by atoms with Crippen molar-refractivity contribution in [1.29, 1.82) is 0 Å². The van der Waals surface area contributed by atoms with Crippen molar-refractivity contribution in [1.82, 2.24) is 0 Å². The Hall–Kier alpha value is -0.960. The minimum absolute atomic E-state index is 0.511. The van der Waals surface area contributed by atoms with Crippen LogP contribution < -0.4 is 5.73 Å². The zero-order chi connectivity index (χ0) is 10.2. The molecule has 0 amide bonds. The SMILES string of the molecule is NC1(c2cc(F)cc(F)c2)CCCC1. The lowest BCUT2D eigenvalue weighted by atomic mass is 9.89. The van der Waals surface area contributed by atoms with E-state index in [4.69, 9.17) is 5.73 Å². The number of nitrogens with two attached hydrogens (primary N) is 1. The number of rotatable bonds is 1. The second-order valence-corrected chi connectivity index (χ2v) is 4.02. The third-order valence-corrected chi connectivity index (χ3v) is 2.93. The van der Waals surface area contributed by atoms with Crippen molar-refractivity contribution >= 4 is 0 Å². The molecule has 1 aliphatic rings. The zero-order valence-corrected chi connectivity index (χ0v) is 7.89. The van der Waals surface area contributed by atoms with E-state index in [1.54, 1.807) is 0 Å². The van der Waals surface area contributed by atoms with Gasteiger partial charge in [0.05, 0.1) is 0 Å². The maximum atomic E-state index is 13.0. The topological polar surface area (TPSA) is 26.0 Å². The molecule has 1 aromatic carbocycles. The van der Waals surface area contributed by atoms with E-state index in [1.807, 2.05) is 0 Å². The highest BCUT2D eigenvalue weighted by Crippen LogP contribution is 2.36. The Kier molecular flexibility index (Phi) is 2.27. The minimum Gasteiger partial charge on any atom is -0.321 e. The van der Waals surface area contributed by atoms with Crippen LogP contribution in [-0.4, -0.2) is 0 Å². The van der Waals surface area contributed by atoms with Crippen LogP contribution in [0.25, 0.3) is 0 Å². The molecule has 0 bridgehead atoms. The van der Waals surface area contributed by atoms with Crippen molar-refractivity contribution in [3.63, 3.8) is 0 Å². The Bertz CT molecular complexity index is 323. The minimum atomic E-state index is -0.545. The fourth-order valence-electron chi connectivity index (χ4n) is 2.14. The van der Waals surface area contributed by atoms with Crippen molar-refractivity contribution in [2.75, 3.05) is 0 Å². The van der Waals surface area contributed by atoms with Crippen LogP contribution in [0.4, 0.5) is 8.78 Å². The zero-order valence-electron chi connectivity index (χ0n) is 7.89. The number of hydrogen-bond acceptors (Lipinski definition) is 1. The summed E-state index contributed by atoms with van der Waals surface area (Å²) in [6.45, 7) is 0. The summed E-state index contributed by atoms with van der Waals surface area (Å²) < 4.78 is 25.9. The monoisotopic (exact) mass is 197 g/mol. The molecular formula is C11H13F2N. The van der Waals surface area contributed by atoms with Crippen LogP contribution in [-0.2, 0) is 5.54 Å². The van der Waals surface area contributed by atoms with Crippen LogP contribution in [0.2, 0.25) is 0 Å². The largest absolute Gasteiger partial charge is 0.321 e. The predicted octanol–water partition coefficient (Wildman–Crippen LogP) is 2.69. The summed E-state index contributed by atoms with van der Waals surface area (Å²) in [6.07, 6.45) is 3.70. The Labute approximate surface area is 81.9 Å². The van der Waals surface area contributed by atoms with Gasteiger partial charge in [-0.1, -0.05) is 12.8 Å². The van der Waals surface area contributed by atoms with Gasteiger partial charge in [0.15, 0.2) is 0 Å². The van der Waals surface area contributed by atoms with Crippen LogP contribution in [0.5, 0.6) is 0 Å². The lowest BCUT2D eigenvalue weighted by Gasteiger charge is -2.24. The molecule has 1 saturated carbocycles. The number of benzene rings is 1. The molecule has 0 aromatic heterocycles. The van der Waals surface area contributed by atoms with Crippen molar-refractivity contribution in [3.8, 4) is 0 Å². The van der Waals surface area contributed by atoms with Gasteiger partial charge in [-0.15, -0.1) is 0 Å². The Morgan fingerprint density at radius 2 is 1.50 bits per heavy atom. The highest BCUT2D eigenvalue weighted by molar-refractivity contribution is 5.26. The summed E-state index contributed by atoms with van der Waals surface area (Å²) in [7, 11) is 0. The maximum absolute atomic E-state index is 13.0. The molecule has 76 valence electrons. The summed E-state index contributed by atoms with van der Waals surface area (Å²) in [6, 6.07) is 3.56. The van der Waals surface area contributed by atoms with E-state index < -0.39 is 17.2 Å². The van der Waals surface area contributed by atoms with Gasteiger partial charge >= 0.3 is 0 Å². The summed E-state index contributed by atoms with van der Waals surface area (Å²) in [5.74, 6) is -1.09. The molecule has 1 fully saturated rings. The molecule has 1 aliphatic carbocycles. The standard InChI is InChI=1S/C11H13F2N/c12-9-5-8(6-10(13)7-9)11(14)3-1-2-4-11/h5-7H,1-4,14H2. The average Bonchev–Trinajstić information content (AvgIpc) is 2.52. The lowest BCUT2D eigenvalue weighted by Crippen LogP contribution is -2.33. The molecule has 0 aliphatic heterocycles. The molecule has 0 radical (unpaired) electrons. The maximum Gasteiger partial charge on any atom is 0.126 e. The third-order valence-electron chi connectivity index (χ3n) is 2.93. The van der Waals surface area contributed by atoms with Crippen LogP contribution in [0.1, 0.15) is 31.2 Å². The lowest BCUT2D eigenvalue weighted by molar-refractivity contribution is 0.452. The molecule has 0 heterocycles. The van der Waals surface area contributed by atoms with Gasteiger partial charge in [0.25, 0.3) is 0 Å². The fraction of sp³-hybridized carbons (Fsp3) is 0.455. The molecule has 0 saturated heterocycles. The summed E-state index contributed by atoms with van der Waals surface area (Å²) in [4.78, 5) is 0. The van der Waals surface area contributed by atoms with Crippen LogP contribution >= 0.6 is 0 Å². The highest BCUT2D eigenvalue weighted by atomic mass is 19.1. The molecule has 2 N–H and O–H groups in total. The third kappa shape index (κ3) is 1.64. The van der Waals surface area contributed by atoms with Gasteiger partial charge in [-0.2, -0.15) is 0 Å². The smallest absolute Gasteiger partial charge is 0.126 e. The van der Waals surface area contributed by atoms with Crippen LogP contribution in [0, 0.1) is 11.6 Å². The molecule has 1 nitrogen and oxygen atoms in total. The fourth-order valence-corrected chi connectivity index (χ4v) is 2.14. The van der Waals surface area contributed by atoms with Gasteiger partial charge in [0, 0.05) is 11.6 Å². The van der Waals surface area contributed by atoms with E-state index in [2.05, 4.69) is 0 Å². The molecular weight excluding hydrogens is 184 g/mol. The average molecular weight is 197 g/mol. The molecule has 1 aromatic rings. The second kappa shape index (κ2) is 3.31. The van der Waals surface area contributed by atoms with Gasteiger partial charge in [-0.05, 0) is 30.5 Å². The number of halogens is 2. The normalized spacial score (nSPS) is 19.9. The van der Waals surface area contributed by atoms with E-state index >= 15 is 0 Å². The molecule has 14 heavy (non-hydrogen) atoms. The van der Waals surface area contributed by atoms with Crippen molar-refractivity contribution in [3.05, 3.63) is 35.4 Å². The van der Waals surface area contributed by atoms with Gasteiger partial charge in [0.1, 0.15) is 11.6 Å². The second-order valence-electron chi connectivity index (χ2n) is 4.02. The first kappa shape index (κ1) is 9.59. The summed E-state index contributed by atoms with van der Waals surface area (Å²) >= 11 is 0. The van der Waals surface area contributed by atoms with E-state index in [9.17, 15) is 8.78 Å². The first-order valence-electron chi connectivity index (χ1n) is 4.86. The van der Waals surface area contributed by atoms with E-state index in [0.29, 0.717) is 5.56 Å². The Balaban J connectivity index is 2.40. The van der Waals surface area contributed by atoms with Gasteiger partial charge in [-0.3, -0.25) is 0 Å². The molecule has 2 rings (SSSR count). The van der Waals surface area contributed by atoms with E-state index in [-0.39, 0.29) is 0 Å². The Morgan fingerprint density at radius 3 is 2.00 bits per heavy atom. The molecule has 0 unspecified atom stereocenters. The first-order chi connectivity index (χ1) is 6.60. The van der Waals surface area contributed by atoms with Gasteiger partial charge < -0.3 is 5.73 Å².